The average Bonchev–Trinajstić information content (AvgIpc) is 3.27. The van der Waals surface area contributed by atoms with Crippen molar-refractivity contribution in [2.24, 2.45) is 4.99 Å². The zero-order chi connectivity index (χ0) is 23.4. The number of imidazole rings is 1. The number of anilines is 3. The Bertz CT molecular complexity index is 1330. The van der Waals surface area contributed by atoms with Crippen molar-refractivity contribution in [2.45, 2.75) is 13.8 Å². The maximum absolute atomic E-state index is 4.70. The zero-order valence-electron chi connectivity index (χ0n) is 19.7. The minimum absolute atomic E-state index is 0.689. The van der Waals surface area contributed by atoms with Crippen LogP contribution in [0.25, 0.3) is 11.2 Å². The van der Waals surface area contributed by atoms with Gasteiger partial charge in [0.2, 0.25) is 0 Å². The molecule has 33 heavy (non-hydrogen) atoms. The molecular formula is C26H29N7. The summed E-state index contributed by atoms with van der Waals surface area (Å²) in [6, 6.07) is 16.5. The van der Waals surface area contributed by atoms with Gasteiger partial charge in [-0.1, -0.05) is 35.9 Å². The lowest BCUT2D eigenvalue weighted by atomic mass is 9.98. The number of rotatable bonds is 7. The van der Waals surface area contributed by atoms with Crippen molar-refractivity contribution in [1.82, 2.24) is 19.8 Å². The van der Waals surface area contributed by atoms with E-state index >= 15 is 0 Å². The molecule has 0 aliphatic rings. The van der Waals surface area contributed by atoms with Crippen LogP contribution in [-0.4, -0.2) is 41.2 Å². The van der Waals surface area contributed by atoms with E-state index in [0.717, 1.165) is 39.6 Å². The number of nitrogens with zero attached hydrogens (tertiary/aromatic N) is 5. The lowest BCUT2D eigenvalue weighted by Crippen LogP contribution is -2.30. The molecule has 0 saturated carbocycles. The Kier molecular flexibility index (Phi) is 6.51. The van der Waals surface area contributed by atoms with Crippen molar-refractivity contribution in [3.63, 3.8) is 0 Å². The maximum atomic E-state index is 4.70. The summed E-state index contributed by atoms with van der Waals surface area (Å²) in [5.41, 5.74) is 11.0. The number of aliphatic imine (C=N–C) groups is 1. The van der Waals surface area contributed by atoms with Gasteiger partial charge in [0.1, 0.15) is 0 Å². The predicted molar refractivity (Wildman–Crippen MR) is 137 cm³/mol. The van der Waals surface area contributed by atoms with E-state index in [1.54, 1.807) is 6.20 Å². The molecule has 2 aromatic heterocycles. The average molecular weight is 440 g/mol. The summed E-state index contributed by atoms with van der Waals surface area (Å²) in [4.78, 5) is 13.9. The van der Waals surface area contributed by atoms with Gasteiger partial charge < -0.3 is 10.3 Å². The summed E-state index contributed by atoms with van der Waals surface area (Å²) in [7, 11) is 5.69. The largest absolute Gasteiger partial charge is 0.337 e. The summed E-state index contributed by atoms with van der Waals surface area (Å²) in [5.74, 6) is 0.689. The fourth-order valence-electron chi connectivity index (χ4n) is 3.87. The SMILES string of the molecule is C/C=C(\C(=NC)c1cccc(C)c1)c1cnc2c(Nc3cccc(N(C)NC)c3)nccn12. The van der Waals surface area contributed by atoms with Crippen LogP contribution >= 0.6 is 0 Å². The Hall–Kier alpha value is -3.97. The van der Waals surface area contributed by atoms with Crippen LogP contribution in [0.15, 0.2) is 78.2 Å². The van der Waals surface area contributed by atoms with E-state index in [1.807, 2.05) is 63.7 Å². The number of aromatic nitrogens is 3. The second-order valence-corrected chi connectivity index (χ2v) is 7.71. The number of aryl methyl sites for hydroxylation is 1. The van der Waals surface area contributed by atoms with Crippen LogP contribution < -0.4 is 15.8 Å². The van der Waals surface area contributed by atoms with Crippen molar-refractivity contribution in [2.75, 3.05) is 31.5 Å². The first-order chi connectivity index (χ1) is 16.0. The molecule has 0 amide bonds. The molecule has 0 aliphatic heterocycles. The highest BCUT2D eigenvalue weighted by atomic mass is 15.5. The van der Waals surface area contributed by atoms with E-state index < -0.39 is 0 Å². The minimum atomic E-state index is 0.689. The third kappa shape index (κ3) is 4.49. The summed E-state index contributed by atoms with van der Waals surface area (Å²) in [5, 5.41) is 5.37. The Morgan fingerprint density at radius 1 is 1.12 bits per heavy atom. The summed E-state index contributed by atoms with van der Waals surface area (Å²) in [6.07, 6.45) is 7.68. The topological polar surface area (TPSA) is 69.8 Å². The Balaban J connectivity index is 1.73. The van der Waals surface area contributed by atoms with Crippen LogP contribution in [-0.2, 0) is 0 Å². The Morgan fingerprint density at radius 3 is 2.67 bits per heavy atom. The van der Waals surface area contributed by atoms with Gasteiger partial charge in [-0.15, -0.1) is 0 Å². The number of benzene rings is 2. The predicted octanol–water partition coefficient (Wildman–Crippen LogP) is 4.87. The smallest absolute Gasteiger partial charge is 0.180 e. The number of fused-ring (bicyclic) bond motifs is 1. The molecule has 0 aliphatic carbocycles. The molecule has 4 rings (SSSR count). The third-order valence-corrected chi connectivity index (χ3v) is 5.59. The standard InChI is InChI=1S/C26H29N7/c1-6-22(24(27-3)19-10-7-9-18(2)15-19)23-17-30-26-25(29-13-14-33(23)26)31-20-11-8-12-21(16-20)32(5)28-4/h6-17,28H,1-5H3,(H,29,31)/b22-6-,27-24?. The molecule has 0 atom stereocenters. The highest BCUT2D eigenvalue weighted by molar-refractivity contribution is 6.31. The minimum Gasteiger partial charge on any atom is -0.337 e. The molecule has 0 fully saturated rings. The van der Waals surface area contributed by atoms with Crippen LogP contribution in [0, 0.1) is 6.92 Å². The molecule has 2 N–H and O–H groups in total. The summed E-state index contributed by atoms with van der Waals surface area (Å²) >= 11 is 0. The van der Waals surface area contributed by atoms with E-state index in [1.165, 1.54) is 5.56 Å². The fraction of sp³-hybridized carbons (Fsp3) is 0.192. The van der Waals surface area contributed by atoms with E-state index in [4.69, 9.17) is 4.98 Å². The molecular weight excluding hydrogens is 410 g/mol. The van der Waals surface area contributed by atoms with Crippen molar-refractivity contribution in [1.29, 1.82) is 0 Å². The molecule has 2 heterocycles. The van der Waals surface area contributed by atoms with Gasteiger partial charge in [0.05, 0.1) is 23.3 Å². The van der Waals surface area contributed by atoms with E-state index in [0.29, 0.717) is 5.82 Å². The molecule has 4 aromatic rings. The summed E-state index contributed by atoms with van der Waals surface area (Å²) < 4.78 is 2.05. The van der Waals surface area contributed by atoms with Crippen molar-refractivity contribution >= 4 is 34.1 Å². The zero-order valence-corrected chi connectivity index (χ0v) is 19.7. The van der Waals surface area contributed by atoms with E-state index in [-0.39, 0.29) is 0 Å². The Labute approximate surface area is 194 Å². The van der Waals surface area contributed by atoms with Gasteiger partial charge in [-0.25, -0.2) is 15.4 Å². The molecule has 0 radical (unpaired) electrons. The molecule has 2 aromatic carbocycles. The van der Waals surface area contributed by atoms with Crippen LogP contribution in [0.2, 0.25) is 0 Å². The second-order valence-electron chi connectivity index (χ2n) is 7.71. The molecule has 0 spiro atoms. The van der Waals surface area contributed by atoms with Gasteiger partial charge in [0.25, 0.3) is 0 Å². The monoisotopic (exact) mass is 439 g/mol. The van der Waals surface area contributed by atoms with Gasteiger partial charge >= 0.3 is 0 Å². The molecule has 0 saturated heterocycles. The summed E-state index contributed by atoms with van der Waals surface area (Å²) in [6.45, 7) is 4.12. The number of nitrogens with one attached hydrogen (secondary N) is 2. The third-order valence-electron chi connectivity index (χ3n) is 5.59. The van der Waals surface area contributed by atoms with E-state index in [9.17, 15) is 0 Å². The first-order valence-corrected chi connectivity index (χ1v) is 10.9. The van der Waals surface area contributed by atoms with Gasteiger partial charge in [-0.2, -0.15) is 0 Å². The molecule has 168 valence electrons. The number of hydrazine groups is 1. The van der Waals surface area contributed by atoms with Crippen LogP contribution in [0.1, 0.15) is 23.7 Å². The van der Waals surface area contributed by atoms with Crippen molar-refractivity contribution in [3.8, 4) is 0 Å². The van der Waals surface area contributed by atoms with Crippen LogP contribution in [0.5, 0.6) is 0 Å². The van der Waals surface area contributed by atoms with Crippen molar-refractivity contribution < 1.29 is 0 Å². The normalized spacial score (nSPS) is 12.3. The van der Waals surface area contributed by atoms with Gasteiger partial charge in [-0.3, -0.25) is 9.39 Å². The molecule has 7 heteroatoms. The molecule has 0 bridgehead atoms. The first-order valence-electron chi connectivity index (χ1n) is 10.9. The van der Waals surface area contributed by atoms with Crippen LogP contribution in [0.3, 0.4) is 0 Å². The van der Waals surface area contributed by atoms with Crippen molar-refractivity contribution in [3.05, 3.63) is 90.0 Å². The number of hydrogen-bond acceptors (Lipinski definition) is 6. The van der Waals surface area contributed by atoms with E-state index in [2.05, 4.69) is 68.5 Å². The highest BCUT2D eigenvalue weighted by Gasteiger charge is 2.17. The lowest BCUT2D eigenvalue weighted by Gasteiger charge is -2.18. The fourth-order valence-corrected chi connectivity index (χ4v) is 3.87. The molecule has 7 nitrogen and oxygen atoms in total. The van der Waals surface area contributed by atoms with Gasteiger partial charge in [0.15, 0.2) is 11.5 Å². The quantitative estimate of drug-likeness (QED) is 0.317. The second kappa shape index (κ2) is 9.67. The number of hydrogen-bond donors (Lipinski definition) is 2. The highest BCUT2D eigenvalue weighted by Crippen LogP contribution is 2.27. The first kappa shape index (κ1) is 22.2. The lowest BCUT2D eigenvalue weighted by molar-refractivity contribution is 0.792. The maximum Gasteiger partial charge on any atom is 0.180 e. The van der Waals surface area contributed by atoms with Crippen LogP contribution in [0.4, 0.5) is 17.2 Å². The Morgan fingerprint density at radius 2 is 1.94 bits per heavy atom. The molecule has 0 unspecified atom stereocenters. The number of allylic oxidation sites excluding steroid dienone is 2. The van der Waals surface area contributed by atoms with Gasteiger partial charge in [-0.05, 0) is 38.1 Å². The van der Waals surface area contributed by atoms with Gasteiger partial charge in [0, 0.05) is 50.4 Å².